The number of rotatable bonds is 2. The van der Waals surface area contributed by atoms with Gasteiger partial charge < -0.3 is 14.5 Å². The maximum atomic E-state index is 12.2. The molecule has 0 aliphatic carbocycles. The Morgan fingerprint density at radius 3 is 2.48 bits per heavy atom. The van der Waals surface area contributed by atoms with Crippen molar-refractivity contribution in [3.05, 3.63) is 0 Å². The van der Waals surface area contributed by atoms with Crippen molar-refractivity contribution in [2.45, 2.75) is 56.9 Å². The molecule has 0 aromatic rings. The van der Waals surface area contributed by atoms with Crippen molar-refractivity contribution in [3.63, 3.8) is 0 Å². The summed E-state index contributed by atoms with van der Waals surface area (Å²) >= 11 is 0. The van der Waals surface area contributed by atoms with Crippen LogP contribution in [0.2, 0.25) is 0 Å². The fourth-order valence-corrected chi connectivity index (χ4v) is 3.72. The number of amides is 2. The molecule has 23 heavy (non-hydrogen) atoms. The Morgan fingerprint density at radius 2 is 1.96 bits per heavy atom. The summed E-state index contributed by atoms with van der Waals surface area (Å²) in [5, 5.41) is 4.29. The Hall–Kier alpha value is -1.35. The van der Waals surface area contributed by atoms with Crippen molar-refractivity contribution in [2.75, 3.05) is 19.6 Å². The first-order chi connectivity index (χ1) is 10.5. The lowest BCUT2D eigenvalue weighted by molar-refractivity contribution is -0.130. The van der Waals surface area contributed by atoms with Gasteiger partial charge in [0.05, 0.1) is 0 Å². The summed E-state index contributed by atoms with van der Waals surface area (Å²) in [6.07, 6.45) is 0.995. The standard InChI is InChI=1S/C14H25N3O5S/c1-14(2,3)22-13(19)16-6-4-5-10(8-16)17-9-11(7-12(17)18)23(15,20)21/h10-11H,4-9H2,1-3H3,(H2,15,20,21). The van der Waals surface area contributed by atoms with Crippen molar-refractivity contribution >= 4 is 22.0 Å². The van der Waals surface area contributed by atoms with Gasteiger partial charge in [-0.05, 0) is 33.6 Å². The third-order valence-corrected chi connectivity index (χ3v) is 5.32. The summed E-state index contributed by atoms with van der Waals surface area (Å²) in [5.74, 6) is -0.222. The van der Waals surface area contributed by atoms with Crippen LogP contribution in [-0.2, 0) is 19.6 Å². The molecule has 0 aromatic carbocycles. The maximum Gasteiger partial charge on any atom is 0.410 e. The molecule has 2 aliphatic rings. The molecule has 2 rings (SSSR count). The van der Waals surface area contributed by atoms with Crippen LogP contribution in [0, 0.1) is 0 Å². The summed E-state index contributed by atoms with van der Waals surface area (Å²) in [7, 11) is -3.73. The first kappa shape index (κ1) is 18.0. The zero-order valence-electron chi connectivity index (χ0n) is 13.8. The van der Waals surface area contributed by atoms with Crippen molar-refractivity contribution in [1.82, 2.24) is 9.80 Å². The van der Waals surface area contributed by atoms with E-state index in [1.54, 1.807) is 30.6 Å². The zero-order valence-corrected chi connectivity index (χ0v) is 14.6. The number of hydrogen-bond acceptors (Lipinski definition) is 5. The minimum atomic E-state index is -3.73. The van der Waals surface area contributed by atoms with Crippen molar-refractivity contribution in [1.29, 1.82) is 0 Å². The molecule has 2 N–H and O–H groups in total. The van der Waals surface area contributed by atoms with Gasteiger partial charge in [0.25, 0.3) is 0 Å². The lowest BCUT2D eigenvalue weighted by atomic mass is 10.0. The number of ether oxygens (including phenoxy) is 1. The van der Waals surface area contributed by atoms with Crippen LogP contribution in [0.5, 0.6) is 0 Å². The van der Waals surface area contributed by atoms with Crippen molar-refractivity contribution in [3.8, 4) is 0 Å². The van der Waals surface area contributed by atoms with E-state index in [4.69, 9.17) is 9.88 Å². The Bertz CT molecular complexity index is 584. The second kappa shape index (κ2) is 6.27. The second-order valence-electron chi connectivity index (χ2n) is 7.18. The van der Waals surface area contributed by atoms with Crippen LogP contribution in [0.3, 0.4) is 0 Å². The summed E-state index contributed by atoms with van der Waals surface area (Å²) in [5.41, 5.74) is -0.577. The molecule has 2 fully saturated rings. The molecular weight excluding hydrogens is 322 g/mol. The van der Waals surface area contributed by atoms with E-state index in [1.165, 1.54) is 0 Å². The van der Waals surface area contributed by atoms with Gasteiger partial charge in [-0.3, -0.25) is 4.79 Å². The molecule has 2 unspecified atom stereocenters. The number of piperidine rings is 1. The number of nitrogens with zero attached hydrogens (tertiary/aromatic N) is 2. The van der Waals surface area contributed by atoms with E-state index < -0.39 is 27.0 Å². The largest absolute Gasteiger partial charge is 0.444 e. The second-order valence-corrected chi connectivity index (χ2v) is 9.03. The van der Waals surface area contributed by atoms with Gasteiger partial charge in [0, 0.05) is 32.1 Å². The van der Waals surface area contributed by atoms with Crippen molar-refractivity contribution < 1.29 is 22.7 Å². The van der Waals surface area contributed by atoms with E-state index in [2.05, 4.69) is 0 Å². The Labute approximate surface area is 137 Å². The summed E-state index contributed by atoms with van der Waals surface area (Å²) < 4.78 is 28.3. The van der Waals surface area contributed by atoms with E-state index in [9.17, 15) is 18.0 Å². The van der Waals surface area contributed by atoms with Gasteiger partial charge in [0.1, 0.15) is 10.9 Å². The van der Waals surface area contributed by atoms with Crippen LogP contribution in [0.4, 0.5) is 4.79 Å². The monoisotopic (exact) mass is 347 g/mol. The molecular formula is C14H25N3O5S. The molecule has 8 nitrogen and oxygen atoms in total. The van der Waals surface area contributed by atoms with Gasteiger partial charge in [-0.2, -0.15) is 0 Å². The quantitative estimate of drug-likeness (QED) is 0.771. The van der Waals surface area contributed by atoms with Crippen molar-refractivity contribution in [2.24, 2.45) is 5.14 Å². The maximum absolute atomic E-state index is 12.2. The van der Waals surface area contributed by atoms with Crippen LogP contribution in [0.15, 0.2) is 0 Å². The molecule has 0 aromatic heterocycles. The molecule has 0 saturated carbocycles. The highest BCUT2D eigenvalue weighted by Gasteiger charge is 2.41. The Kier molecular flexibility index (Phi) is 4.91. The highest BCUT2D eigenvalue weighted by atomic mass is 32.2. The molecule has 132 valence electrons. The third-order valence-electron chi connectivity index (χ3n) is 4.08. The van der Waals surface area contributed by atoms with Crippen LogP contribution in [0.25, 0.3) is 0 Å². The molecule has 2 heterocycles. The van der Waals surface area contributed by atoms with E-state index in [-0.39, 0.29) is 24.9 Å². The molecule has 2 amide bonds. The predicted octanol–water partition coefficient (Wildman–Crippen LogP) is 0.275. The fraction of sp³-hybridized carbons (Fsp3) is 0.857. The number of carbonyl (C=O) groups is 2. The lowest BCUT2D eigenvalue weighted by Crippen LogP contribution is -2.51. The van der Waals surface area contributed by atoms with E-state index in [1.807, 2.05) is 0 Å². The molecule has 2 atom stereocenters. The van der Waals surface area contributed by atoms with E-state index in [0.717, 1.165) is 12.8 Å². The topological polar surface area (TPSA) is 110 Å². The van der Waals surface area contributed by atoms with E-state index >= 15 is 0 Å². The molecule has 0 bridgehead atoms. The third kappa shape index (κ3) is 4.57. The first-order valence-electron chi connectivity index (χ1n) is 7.76. The number of likely N-dealkylation sites (tertiary alicyclic amines) is 2. The molecule has 0 spiro atoms. The molecule has 0 radical (unpaired) electrons. The minimum absolute atomic E-state index is 0.0816. The Morgan fingerprint density at radius 1 is 1.30 bits per heavy atom. The lowest BCUT2D eigenvalue weighted by Gasteiger charge is -2.38. The van der Waals surface area contributed by atoms with Gasteiger partial charge in [-0.25, -0.2) is 18.4 Å². The van der Waals surface area contributed by atoms with Crippen LogP contribution >= 0.6 is 0 Å². The number of nitrogens with two attached hydrogens (primary N) is 1. The van der Waals surface area contributed by atoms with Gasteiger partial charge in [-0.15, -0.1) is 0 Å². The fourth-order valence-electron chi connectivity index (χ4n) is 2.97. The highest BCUT2D eigenvalue weighted by molar-refractivity contribution is 7.89. The SMILES string of the molecule is CC(C)(C)OC(=O)N1CCCC(N2CC(S(N)(=O)=O)CC2=O)C1. The minimum Gasteiger partial charge on any atom is -0.444 e. The molecule has 2 aliphatic heterocycles. The van der Waals surface area contributed by atoms with Crippen LogP contribution < -0.4 is 5.14 Å². The average molecular weight is 347 g/mol. The van der Waals surface area contributed by atoms with Crippen LogP contribution in [0.1, 0.15) is 40.0 Å². The smallest absolute Gasteiger partial charge is 0.410 e. The summed E-state index contributed by atoms with van der Waals surface area (Å²) in [4.78, 5) is 27.4. The normalized spacial score (nSPS) is 26.5. The predicted molar refractivity (Wildman–Crippen MR) is 84.1 cm³/mol. The number of primary sulfonamides is 1. The van der Waals surface area contributed by atoms with Gasteiger partial charge in [0.15, 0.2) is 0 Å². The number of carbonyl (C=O) groups excluding carboxylic acids is 2. The van der Waals surface area contributed by atoms with Gasteiger partial charge in [0.2, 0.25) is 15.9 Å². The van der Waals surface area contributed by atoms with Gasteiger partial charge >= 0.3 is 6.09 Å². The summed E-state index contributed by atoms with van der Waals surface area (Å²) in [6.45, 7) is 6.43. The highest BCUT2D eigenvalue weighted by Crippen LogP contribution is 2.25. The first-order valence-corrected chi connectivity index (χ1v) is 9.37. The number of sulfonamides is 1. The van der Waals surface area contributed by atoms with E-state index in [0.29, 0.717) is 13.1 Å². The zero-order chi connectivity index (χ0) is 17.4. The van der Waals surface area contributed by atoms with Crippen LogP contribution in [-0.4, -0.2) is 66.7 Å². The van der Waals surface area contributed by atoms with Gasteiger partial charge in [-0.1, -0.05) is 0 Å². The molecule has 9 heteroatoms. The molecule has 2 saturated heterocycles. The Balaban J connectivity index is 2.01. The average Bonchev–Trinajstić information content (AvgIpc) is 2.79. The number of hydrogen-bond donors (Lipinski definition) is 1. The summed E-state index contributed by atoms with van der Waals surface area (Å²) in [6, 6.07) is -0.185.